The van der Waals surface area contributed by atoms with Gasteiger partial charge in [-0.25, -0.2) is 8.42 Å². The molecule has 162 valence electrons. The van der Waals surface area contributed by atoms with Gasteiger partial charge in [-0.05, 0) is 55.3 Å². The van der Waals surface area contributed by atoms with Crippen LogP contribution in [-0.2, 0) is 14.8 Å². The van der Waals surface area contributed by atoms with Gasteiger partial charge >= 0.3 is 0 Å². The number of anilines is 1. The largest absolute Gasteiger partial charge is 0.495 e. The molecular formula is C21H27ClN3O4S+. The zero-order valence-electron chi connectivity index (χ0n) is 17.4. The molecule has 0 bridgehead atoms. The Morgan fingerprint density at radius 3 is 2.43 bits per heavy atom. The van der Waals surface area contributed by atoms with E-state index in [0.717, 1.165) is 16.0 Å². The smallest absolute Gasteiger partial charge is 0.279 e. The van der Waals surface area contributed by atoms with Crippen molar-refractivity contribution < 1.29 is 22.8 Å². The van der Waals surface area contributed by atoms with Crippen LogP contribution < -0.4 is 15.0 Å². The number of sulfonamides is 1. The summed E-state index contributed by atoms with van der Waals surface area (Å²) in [6, 6.07) is 10.3. The molecule has 0 unspecified atom stereocenters. The molecule has 1 amide bonds. The van der Waals surface area contributed by atoms with E-state index in [1.165, 1.54) is 11.4 Å². The molecule has 2 N–H and O–H groups in total. The number of hydrogen-bond donors (Lipinski definition) is 2. The number of hydrogen-bond acceptors (Lipinski definition) is 4. The fourth-order valence-corrected chi connectivity index (χ4v) is 5.20. The van der Waals surface area contributed by atoms with Gasteiger partial charge in [0, 0.05) is 5.69 Å². The number of methoxy groups -OCH3 is 1. The fourth-order valence-electron chi connectivity index (χ4n) is 3.42. The molecule has 0 saturated carbocycles. The highest BCUT2D eigenvalue weighted by atomic mass is 35.5. The Balaban J connectivity index is 1.55. The number of ether oxygens (including phenoxy) is 1. The average Bonchev–Trinajstić information content (AvgIpc) is 2.70. The maximum absolute atomic E-state index is 12.9. The molecule has 1 heterocycles. The van der Waals surface area contributed by atoms with Gasteiger partial charge in [-0.2, -0.15) is 4.31 Å². The molecule has 30 heavy (non-hydrogen) atoms. The molecule has 2 aromatic rings. The lowest BCUT2D eigenvalue weighted by Crippen LogP contribution is -3.15. The van der Waals surface area contributed by atoms with E-state index in [9.17, 15) is 13.2 Å². The van der Waals surface area contributed by atoms with Crippen molar-refractivity contribution in [1.29, 1.82) is 0 Å². The van der Waals surface area contributed by atoms with Crippen LogP contribution in [0.2, 0.25) is 5.02 Å². The van der Waals surface area contributed by atoms with E-state index in [-0.39, 0.29) is 12.5 Å². The van der Waals surface area contributed by atoms with Crippen molar-refractivity contribution in [3.63, 3.8) is 0 Å². The Hall–Kier alpha value is -2.13. The topological polar surface area (TPSA) is 80.2 Å². The van der Waals surface area contributed by atoms with Gasteiger partial charge in [0.1, 0.15) is 5.75 Å². The molecule has 7 nitrogen and oxygen atoms in total. The molecule has 0 atom stereocenters. The zero-order valence-corrected chi connectivity index (χ0v) is 18.9. The molecule has 3 rings (SSSR count). The van der Waals surface area contributed by atoms with E-state index >= 15 is 0 Å². The number of amides is 1. The molecule has 0 aromatic heterocycles. The van der Waals surface area contributed by atoms with Crippen molar-refractivity contribution in [2.75, 3.05) is 45.2 Å². The minimum absolute atomic E-state index is 0.142. The number of nitrogens with zero attached hydrogens (tertiary/aromatic N) is 1. The number of benzene rings is 2. The van der Waals surface area contributed by atoms with Crippen molar-refractivity contribution in [2.45, 2.75) is 18.7 Å². The van der Waals surface area contributed by atoms with Crippen molar-refractivity contribution in [3.8, 4) is 5.75 Å². The number of aryl methyl sites for hydroxylation is 2. The van der Waals surface area contributed by atoms with Crippen LogP contribution in [0, 0.1) is 13.8 Å². The molecule has 1 fully saturated rings. The van der Waals surface area contributed by atoms with Gasteiger partial charge in [0.2, 0.25) is 10.0 Å². The third-order valence-corrected chi connectivity index (χ3v) is 7.58. The highest BCUT2D eigenvalue weighted by Crippen LogP contribution is 2.27. The first-order valence-corrected chi connectivity index (χ1v) is 11.6. The number of nitrogens with one attached hydrogen (secondary N) is 2. The summed E-state index contributed by atoms with van der Waals surface area (Å²) in [6.45, 7) is 6.03. The number of piperazine rings is 1. The van der Waals surface area contributed by atoms with E-state index < -0.39 is 10.0 Å². The SMILES string of the molecule is COc1ccc(NC(=O)C[NH+]2CCN(S(=O)(=O)c3ccc(C)c(C)c3)CC2)cc1Cl. The van der Waals surface area contributed by atoms with Crippen LogP contribution in [-0.4, -0.2) is 58.5 Å². The summed E-state index contributed by atoms with van der Waals surface area (Å²) in [7, 11) is -1.99. The minimum atomic E-state index is -3.52. The van der Waals surface area contributed by atoms with E-state index in [1.807, 2.05) is 19.9 Å². The summed E-state index contributed by atoms with van der Waals surface area (Å²) in [5.74, 6) is 0.401. The van der Waals surface area contributed by atoms with Crippen LogP contribution in [0.4, 0.5) is 5.69 Å². The molecule has 1 aliphatic heterocycles. The standard InChI is InChI=1S/C21H26ClN3O4S/c1-15-4-6-18(12-16(15)2)30(27,28)25-10-8-24(9-11-25)14-21(26)23-17-5-7-20(29-3)19(22)13-17/h4-7,12-13H,8-11,14H2,1-3H3,(H,23,26)/p+1. The predicted octanol–water partition coefficient (Wildman–Crippen LogP) is 1.49. The van der Waals surface area contributed by atoms with Gasteiger partial charge in [-0.3, -0.25) is 4.79 Å². The number of halogens is 1. The van der Waals surface area contributed by atoms with Crippen molar-refractivity contribution in [2.24, 2.45) is 0 Å². The van der Waals surface area contributed by atoms with E-state index in [1.54, 1.807) is 30.3 Å². The molecule has 0 aliphatic carbocycles. The first-order valence-electron chi connectivity index (χ1n) is 9.75. The second-order valence-electron chi connectivity index (χ2n) is 7.47. The van der Waals surface area contributed by atoms with Crippen LogP contribution in [0.1, 0.15) is 11.1 Å². The van der Waals surface area contributed by atoms with Crippen LogP contribution in [0.15, 0.2) is 41.3 Å². The van der Waals surface area contributed by atoms with E-state index in [2.05, 4.69) is 5.32 Å². The molecule has 0 radical (unpaired) electrons. The third kappa shape index (κ3) is 5.13. The Kier molecular flexibility index (Phi) is 7.02. The molecule has 9 heteroatoms. The lowest BCUT2D eigenvalue weighted by atomic mass is 10.1. The zero-order chi connectivity index (χ0) is 21.9. The monoisotopic (exact) mass is 452 g/mol. The number of rotatable bonds is 6. The van der Waals surface area contributed by atoms with Crippen LogP contribution in [0.25, 0.3) is 0 Å². The number of quaternary nitrogens is 1. The Labute approximate surface area is 182 Å². The Morgan fingerprint density at radius 2 is 1.83 bits per heavy atom. The Bertz CT molecular complexity index is 1030. The van der Waals surface area contributed by atoms with E-state index in [0.29, 0.717) is 47.5 Å². The highest BCUT2D eigenvalue weighted by Gasteiger charge is 2.31. The van der Waals surface area contributed by atoms with Gasteiger partial charge in [0.25, 0.3) is 5.91 Å². The van der Waals surface area contributed by atoms with Gasteiger partial charge in [-0.1, -0.05) is 17.7 Å². The molecule has 1 saturated heterocycles. The summed E-state index contributed by atoms with van der Waals surface area (Å²) < 4.78 is 32.4. The van der Waals surface area contributed by atoms with Crippen molar-refractivity contribution in [3.05, 3.63) is 52.5 Å². The summed E-state index contributed by atoms with van der Waals surface area (Å²) in [4.78, 5) is 13.7. The summed E-state index contributed by atoms with van der Waals surface area (Å²) in [5.41, 5.74) is 2.61. The summed E-state index contributed by atoms with van der Waals surface area (Å²) in [5, 5.41) is 3.25. The first kappa shape index (κ1) is 22.6. The summed E-state index contributed by atoms with van der Waals surface area (Å²) >= 11 is 6.09. The van der Waals surface area contributed by atoms with Gasteiger partial charge < -0.3 is 15.0 Å². The number of carbonyl (C=O) groups excluding carboxylic acids is 1. The third-order valence-electron chi connectivity index (χ3n) is 5.39. The first-order chi connectivity index (χ1) is 14.2. The van der Waals surface area contributed by atoms with Crippen LogP contribution in [0.3, 0.4) is 0 Å². The fraction of sp³-hybridized carbons (Fsp3) is 0.381. The maximum Gasteiger partial charge on any atom is 0.279 e. The normalized spacial score (nSPS) is 15.7. The predicted molar refractivity (Wildman–Crippen MR) is 117 cm³/mol. The van der Waals surface area contributed by atoms with Gasteiger partial charge in [0.05, 0.1) is 43.2 Å². The quantitative estimate of drug-likeness (QED) is 0.696. The van der Waals surface area contributed by atoms with Crippen molar-refractivity contribution in [1.82, 2.24) is 4.31 Å². The molecular weight excluding hydrogens is 426 g/mol. The van der Waals surface area contributed by atoms with Gasteiger partial charge in [-0.15, -0.1) is 0 Å². The average molecular weight is 453 g/mol. The van der Waals surface area contributed by atoms with Crippen molar-refractivity contribution >= 4 is 33.2 Å². The molecule has 1 aliphatic rings. The second kappa shape index (κ2) is 9.34. The molecule has 0 spiro atoms. The Morgan fingerprint density at radius 1 is 1.13 bits per heavy atom. The summed E-state index contributed by atoms with van der Waals surface area (Å²) in [6.07, 6.45) is 0. The highest BCUT2D eigenvalue weighted by molar-refractivity contribution is 7.89. The lowest BCUT2D eigenvalue weighted by molar-refractivity contribution is -0.895. The second-order valence-corrected chi connectivity index (χ2v) is 9.82. The minimum Gasteiger partial charge on any atom is -0.495 e. The van der Waals surface area contributed by atoms with E-state index in [4.69, 9.17) is 16.3 Å². The van der Waals surface area contributed by atoms with Crippen LogP contribution in [0.5, 0.6) is 5.75 Å². The molecule has 2 aromatic carbocycles. The number of carbonyl (C=O) groups is 1. The lowest BCUT2D eigenvalue weighted by Gasteiger charge is -2.31. The maximum atomic E-state index is 12.9. The van der Waals surface area contributed by atoms with Gasteiger partial charge in [0.15, 0.2) is 6.54 Å². The van der Waals surface area contributed by atoms with Crippen LogP contribution >= 0.6 is 11.6 Å².